The molecule has 0 amide bonds. The van der Waals surface area contributed by atoms with Gasteiger partial charge in [0.15, 0.2) is 0 Å². The van der Waals surface area contributed by atoms with Crippen molar-refractivity contribution in [2.24, 2.45) is 0 Å². The molecule has 1 aromatic rings. The molecule has 1 heterocycles. The second-order valence-electron chi connectivity index (χ2n) is 0.959. The van der Waals surface area contributed by atoms with Gasteiger partial charge in [0.25, 0.3) is 0 Å². The van der Waals surface area contributed by atoms with Gasteiger partial charge < -0.3 is 4.98 Å². The van der Waals surface area contributed by atoms with Crippen molar-refractivity contribution in [2.45, 2.75) is 0 Å². The van der Waals surface area contributed by atoms with Crippen LogP contribution in [0.1, 0.15) is 0 Å². The molecule has 0 saturated carbocycles. The summed E-state index contributed by atoms with van der Waals surface area (Å²) in [6.45, 7) is 0. The summed E-state index contributed by atoms with van der Waals surface area (Å²) in [6.07, 6.45) is 4.34. The van der Waals surface area contributed by atoms with E-state index in [2.05, 4.69) is 11.2 Å². The molecule has 0 atom stereocenters. The molecule has 9 heavy (non-hydrogen) atoms. The Balaban J connectivity index is -0.000000120. The van der Waals surface area contributed by atoms with E-state index in [1.807, 2.05) is 12.1 Å². The molecule has 0 unspecified atom stereocenters. The molecule has 1 aromatic heterocycles. The molecule has 0 radical (unpaired) electrons. The molecule has 0 saturated heterocycles. The van der Waals surface area contributed by atoms with Crippen molar-refractivity contribution in [3.05, 3.63) is 30.6 Å². The maximum atomic E-state index is 3.66. The van der Waals surface area contributed by atoms with E-state index in [-0.39, 0.29) is 45.9 Å². The largest absolute Gasteiger partial charge is 0.394 e. The summed E-state index contributed by atoms with van der Waals surface area (Å²) < 4.78 is 0. The van der Waals surface area contributed by atoms with E-state index in [0.717, 1.165) is 0 Å². The van der Waals surface area contributed by atoms with Crippen molar-refractivity contribution in [3.63, 3.8) is 0 Å². The van der Waals surface area contributed by atoms with Crippen molar-refractivity contribution in [1.29, 1.82) is 0 Å². The third-order valence-electron chi connectivity index (χ3n) is 0.517. The van der Waals surface area contributed by atoms with Gasteiger partial charge in [-0.2, -0.15) is 18.2 Å². The maximum absolute atomic E-state index is 3.66. The zero-order chi connectivity index (χ0) is 4.24. The Morgan fingerprint density at radius 1 is 1.11 bits per heavy atom. The van der Waals surface area contributed by atoms with Crippen LogP contribution >= 0.6 is 24.8 Å². The molecule has 0 spiro atoms. The Labute approximate surface area is 81.3 Å². The topological polar surface area (TPSA) is 12.9 Å². The molecule has 0 aromatic carbocycles. The Kier molecular flexibility index (Phi) is 20.2. The molecule has 0 aliphatic rings. The SMILES string of the molecule is Cl.Cl.[W].[c-]1ccccn1. The summed E-state index contributed by atoms with van der Waals surface area (Å²) in [6, 6.07) is 5.50. The Morgan fingerprint density at radius 3 is 1.89 bits per heavy atom. The van der Waals surface area contributed by atoms with Crippen LogP contribution in [0.5, 0.6) is 0 Å². The van der Waals surface area contributed by atoms with E-state index in [4.69, 9.17) is 0 Å². The van der Waals surface area contributed by atoms with Gasteiger partial charge in [0.2, 0.25) is 0 Å². The Hall–Kier alpha value is 0.418. The molecule has 0 aliphatic heterocycles. The fourth-order valence-electron chi connectivity index (χ4n) is 0.277. The van der Waals surface area contributed by atoms with Crippen molar-refractivity contribution >= 4 is 24.8 Å². The first-order valence-electron chi connectivity index (χ1n) is 1.77. The van der Waals surface area contributed by atoms with E-state index in [9.17, 15) is 0 Å². The van der Waals surface area contributed by atoms with Crippen LogP contribution in [-0.4, -0.2) is 4.98 Å². The van der Waals surface area contributed by atoms with Crippen LogP contribution in [-0.2, 0) is 21.1 Å². The van der Waals surface area contributed by atoms with Crippen molar-refractivity contribution in [3.8, 4) is 0 Å². The molecule has 0 N–H and O–H groups in total. The minimum atomic E-state index is 0. The molecular weight excluding hydrogens is 329 g/mol. The number of halogens is 2. The van der Waals surface area contributed by atoms with Gasteiger partial charge in [0, 0.05) is 21.1 Å². The van der Waals surface area contributed by atoms with Gasteiger partial charge in [-0.05, 0) is 0 Å². The fraction of sp³-hybridized carbons (Fsp3) is 0. The van der Waals surface area contributed by atoms with Crippen molar-refractivity contribution in [2.75, 3.05) is 0 Å². The third-order valence-corrected chi connectivity index (χ3v) is 0.517. The molecule has 0 aliphatic carbocycles. The normalized spacial score (nSPS) is 5.33. The standard InChI is InChI=1S/C5H4N.2ClH.W/c1-2-4-6-5-3-1;;;/h1-4H;2*1H;/q-1;;;. The molecule has 0 fully saturated rings. The first-order valence-corrected chi connectivity index (χ1v) is 1.77. The first kappa shape index (κ1) is 16.2. The number of hydrogen-bond donors (Lipinski definition) is 0. The molecule has 4 heteroatoms. The van der Waals surface area contributed by atoms with E-state index in [1.165, 1.54) is 0 Å². The first-order chi connectivity index (χ1) is 3.00. The van der Waals surface area contributed by atoms with Crippen molar-refractivity contribution < 1.29 is 21.1 Å². The summed E-state index contributed by atoms with van der Waals surface area (Å²) in [5, 5.41) is 0. The van der Waals surface area contributed by atoms with Gasteiger partial charge in [-0.1, -0.05) is 12.4 Å². The zero-order valence-corrected chi connectivity index (χ0v) is 9.05. The average Bonchev–Trinajstić information content (AvgIpc) is 1.72. The summed E-state index contributed by atoms with van der Waals surface area (Å²) >= 11 is 0. The number of hydrogen-bond acceptors (Lipinski definition) is 1. The van der Waals surface area contributed by atoms with Crippen LogP contribution in [0.3, 0.4) is 0 Å². The quantitative estimate of drug-likeness (QED) is 0.658. The molecule has 52 valence electrons. The predicted molar refractivity (Wildman–Crippen MR) is 37.6 cm³/mol. The third kappa shape index (κ3) is 8.42. The van der Waals surface area contributed by atoms with Gasteiger partial charge in [0.05, 0.1) is 0 Å². The molecule has 0 bridgehead atoms. The smallest absolute Gasteiger partial charge is 0 e. The van der Waals surface area contributed by atoms with E-state index < -0.39 is 0 Å². The summed E-state index contributed by atoms with van der Waals surface area (Å²) in [5.41, 5.74) is 0. The van der Waals surface area contributed by atoms with Crippen LogP contribution in [0.15, 0.2) is 24.4 Å². The maximum Gasteiger partial charge on any atom is 0 e. The minimum Gasteiger partial charge on any atom is -0.394 e. The van der Waals surface area contributed by atoms with Gasteiger partial charge in [-0.15, -0.1) is 24.8 Å². The van der Waals surface area contributed by atoms with Crippen LogP contribution in [0.25, 0.3) is 0 Å². The second kappa shape index (κ2) is 11.2. The monoisotopic (exact) mass is 334 g/mol. The van der Waals surface area contributed by atoms with Gasteiger partial charge in [-0.3, -0.25) is 0 Å². The fourth-order valence-corrected chi connectivity index (χ4v) is 0.277. The molecular formula is C5H6Cl2NW-. The number of aromatic nitrogens is 1. The second-order valence-corrected chi connectivity index (χ2v) is 0.959. The number of nitrogens with zero attached hydrogens (tertiary/aromatic N) is 1. The minimum absolute atomic E-state index is 0. The van der Waals surface area contributed by atoms with Crippen LogP contribution in [0.2, 0.25) is 0 Å². The van der Waals surface area contributed by atoms with Crippen molar-refractivity contribution in [1.82, 2.24) is 4.98 Å². The number of rotatable bonds is 0. The van der Waals surface area contributed by atoms with Crippen LogP contribution in [0, 0.1) is 6.20 Å². The summed E-state index contributed by atoms with van der Waals surface area (Å²) in [7, 11) is 0. The van der Waals surface area contributed by atoms with Gasteiger partial charge in [0.1, 0.15) is 0 Å². The van der Waals surface area contributed by atoms with Gasteiger partial charge >= 0.3 is 0 Å². The number of pyridine rings is 1. The van der Waals surface area contributed by atoms with Crippen LogP contribution in [0.4, 0.5) is 0 Å². The molecule has 1 nitrogen and oxygen atoms in total. The zero-order valence-electron chi connectivity index (χ0n) is 4.48. The summed E-state index contributed by atoms with van der Waals surface area (Å²) in [5.74, 6) is 0. The van der Waals surface area contributed by atoms with Gasteiger partial charge in [-0.25, -0.2) is 0 Å². The average molecular weight is 335 g/mol. The van der Waals surface area contributed by atoms with Crippen LogP contribution < -0.4 is 0 Å². The van der Waals surface area contributed by atoms with E-state index in [0.29, 0.717) is 0 Å². The Morgan fingerprint density at radius 2 is 1.78 bits per heavy atom. The van der Waals surface area contributed by atoms with E-state index in [1.54, 1.807) is 12.3 Å². The van der Waals surface area contributed by atoms with E-state index >= 15 is 0 Å². The summed E-state index contributed by atoms with van der Waals surface area (Å²) in [4.78, 5) is 3.66. The molecule has 1 rings (SSSR count). The Bertz CT molecular complexity index is 86.9. The predicted octanol–water partition coefficient (Wildman–Crippen LogP) is 1.72.